The molecule has 1 aromatic rings. The Balaban J connectivity index is 1.78. The van der Waals surface area contributed by atoms with Crippen LogP contribution in [0, 0.1) is 0 Å². The summed E-state index contributed by atoms with van der Waals surface area (Å²) in [6, 6.07) is 7.70. The van der Waals surface area contributed by atoms with Crippen molar-refractivity contribution in [3.05, 3.63) is 53.1 Å². The van der Waals surface area contributed by atoms with Crippen LogP contribution in [0.15, 0.2) is 42.5 Å². The number of hydrogen-bond acceptors (Lipinski definition) is 3. The second kappa shape index (κ2) is 7.75. The zero-order chi connectivity index (χ0) is 13.5. The molecule has 4 heteroatoms. The van der Waals surface area contributed by atoms with Gasteiger partial charge in [-0.15, -0.1) is 0 Å². The van der Waals surface area contributed by atoms with Crippen molar-refractivity contribution in [2.75, 3.05) is 19.5 Å². The van der Waals surface area contributed by atoms with Gasteiger partial charge in [0.2, 0.25) is 0 Å². The van der Waals surface area contributed by atoms with Crippen LogP contribution < -0.4 is 0 Å². The molecule has 0 radical (unpaired) electrons. The molecule has 2 rings (SSSR count). The average molecular weight is 297 g/mol. The molecule has 0 aromatic heterocycles. The number of ether oxygens (including phenoxy) is 2. The summed E-state index contributed by atoms with van der Waals surface area (Å²) in [7, 11) is 0. The third kappa shape index (κ3) is 5.03. The standard InChI is InChI=1S/C15H17ClO2S/c1-19-14-10-17-15(18-11-14)5-3-2-4-12-6-8-13(16)9-7-12/h2-9,14-15H,10-11H2,1H3. The Morgan fingerprint density at radius 1 is 1.16 bits per heavy atom. The summed E-state index contributed by atoms with van der Waals surface area (Å²) >= 11 is 7.60. The number of halogens is 1. The van der Waals surface area contributed by atoms with E-state index in [0.717, 1.165) is 23.8 Å². The summed E-state index contributed by atoms with van der Waals surface area (Å²) < 4.78 is 11.1. The molecule has 0 saturated carbocycles. The Kier molecular flexibility index (Phi) is 5.98. The van der Waals surface area contributed by atoms with E-state index in [1.165, 1.54) is 0 Å². The van der Waals surface area contributed by atoms with E-state index in [1.807, 2.05) is 48.6 Å². The minimum atomic E-state index is -0.224. The SMILES string of the molecule is CSC1COC(C=CC=Cc2ccc(Cl)cc2)OC1. The lowest BCUT2D eigenvalue weighted by Crippen LogP contribution is -2.32. The summed E-state index contributed by atoms with van der Waals surface area (Å²) in [6.45, 7) is 1.49. The third-order valence-electron chi connectivity index (χ3n) is 2.76. The highest BCUT2D eigenvalue weighted by Gasteiger charge is 2.18. The molecule has 0 bridgehead atoms. The van der Waals surface area contributed by atoms with Gasteiger partial charge in [0.05, 0.1) is 18.5 Å². The molecule has 0 N–H and O–H groups in total. The highest BCUT2D eigenvalue weighted by molar-refractivity contribution is 7.99. The zero-order valence-electron chi connectivity index (χ0n) is 10.8. The second-order valence-corrected chi connectivity index (χ2v) is 5.76. The predicted molar refractivity (Wildman–Crippen MR) is 82.6 cm³/mol. The average Bonchev–Trinajstić information content (AvgIpc) is 2.46. The largest absolute Gasteiger partial charge is 0.348 e. The van der Waals surface area contributed by atoms with E-state index in [4.69, 9.17) is 21.1 Å². The number of hydrogen-bond donors (Lipinski definition) is 0. The molecule has 1 saturated heterocycles. The first kappa shape index (κ1) is 14.7. The van der Waals surface area contributed by atoms with Crippen molar-refractivity contribution < 1.29 is 9.47 Å². The molecule has 0 aliphatic carbocycles. The molecule has 1 aliphatic rings. The van der Waals surface area contributed by atoms with Gasteiger partial charge in [-0.25, -0.2) is 0 Å². The van der Waals surface area contributed by atoms with E-state index in [2.05, 4.69) is 6.26 Å². The molecular formula is C15H17ClO2S. The summed E-state index contributed by atoms with van der Waals surface area (Å²) in [5, 5.41) is 1.20. The van der Waals surface area contributed by atoms with Gasteiger partial charge in [0.15, 0.2) is 6.29 Å². The van der Waals surface area contributed by atoms with E-state index in [0.29, 0.717) is 5.25 Å². The van der Waals surface area contributed by atoms with Crippen LogP contribution in [-0.4, -0.2) is 31.0 Å². The van der Waals surface area contributed by atoms with Crippen LogP contribution in [0.2, 0.25) is 5.02 Å². The van der Waals surface area contributed by atoms with Gasteiger partial charge in [-0.05, 0) is 30.0 Å². The van der Waals surface area contributed by atoms with Gasteiger partial charge in [0, 0.05) is 5.02 Å². The van der Waals surface area contributed by atoms with Crippen molar-refractivity contribution >= 4 is 29.4 Å². The van der Waals surface area contributed by atoms with E-state index in [1.54, 1.807) is 11.8 Å². The molecule has 102 valence electrons. The molecule has 0 amide bonds. The molecule has 1 aromatic carbocycles. The smallest absolute Gasteiger partial charge is 0.177 e. The number of rotatable bonds is 4. The second-order valence-electron chi connectivity index (χ2n) is 4.19. The molecular weight excluding hydrogens is 280 g/mol. The monoisotopic (exact) mass is 296 g/mol. The van der Waals surface area contributed by atoms with E-state index in [-0.39, 0.29) is 6.29 Å². The van der Waals surface area contributed by atoms with Gasteiger partial charge in [0.25, 0.3) is 0 Å². The summed E-state index contributed by atoms with van der Waals surface area (Å²) in [5.41, 5.74) is 1.11. The van der Waals surface area contributed by atoms with Crippen molar-refractivity contribution in [1.82, 2.24) is 0 Å². The Morgan fingerprint density at radius 2 is 1.84 bits per heavy atom. The van der Waals surface area contributed by atoms with Gasteiger partial charge in [-0.3, -0.25) is 0 Å². The molecule has 2 nitrogen and oxygen atoms in total. The number of thioether (sulfide) groups is 1. The van der Waals surface area contributed by atoms with Crippen LogP contribution in [0.4, 0.5) is 0 Å². The maximum atomic E-state index is 5.83. The van der Waals surface area contributed by atoms with Crippen molar-refractivity contribution in [1.29, 1.82) is 0 Å². The third-order valence-corrected chi connectivity index (χ3v) is 3.95. The van der Waals surface area contributed by atoms with E-state index in [9.17, 15) is 0 Å². The molecule has 0 spiro atoms. The van der Waals surface area contributed by atoms with Crippen LogP contribution in [-0.2, 0) is 9.47 Å². The lowest BCUT2D eigenvalue weighted by atomic mass is 10.2. The molecule has 0 unspecified atom stereocenters. The molecule has 19 heavy (non-hydrogen) atoms. The first-order valence-corrected chi connectivity index (χ1v) is 7.81. The highest BCUT2D eigenvalue weighted by atomic mass is 35.5. The fourth-order valence-electron chi connectivity index (χ4n) is 1.64. The van der Waals surface area contributed by atoms with Crippen LogP contribution in [0.3, 0.4) is 0 Å². The lowest BCUT2D eigenvalue weighted by Gasteiger charge is -2.26. The quantitative estimate of drug-likeness (QED) is 0.782. The zero-order valence-corrected chi connectivity index (χ0v) is 12.4. The molecule has 1 aliphatic heterocycles. The predicted octanol–water partition coefficient (Wildman–Crippen LogP) is 4.01. The number of benzene rings is 1. The number of allylic oxidation sites excluding steroid dienone is 2. The molecule has 1 heterocycles. The Morgan fingerprint density at radius 3 is 2.47 bits per heavy atom. The van der Waals surface area contributed by atoms with Crippen LogP contribution in [0.25, 0.3) is 6.08 Å². The highest BCUT2D eigenvalue weighted by Crippen LogP contribution is 2.16. The molecule has 0 atom stereocenters. The van der Waals surface area contributed by atoms with Crippen molar-refractivity contribution in [2.45, 2.75) is 11.5 Å². The van der Waals surface area contributed by atoms with Gasteiger partial charge in [-0.2, -0.15) is 11.8 Å². The Bertz CT molecular complexity index is 434. The van der Waals surface area contributed by atoms with E-state index >= 15 is 0 Å². The van der Waals surface area contributed by atoms with Crippen molar-refractivity contribution in [3.63, 3.8) is 0 Å². The van der Waals surface area contributed by atoms with Gasteiger partial charge < -0.3 is 9.47 Å². The normalized spacial score (nSPS) is 24.3. The summed E-state index contributed by atoms with van der Waals surface area (Å²) in [5.74, 6) is 0. The first-order valence-electron chi connectivity index (χ1n) is 6.14. The van der Waals surface area contributed by atoms with E-state index < -0.39 is 0 Å². The van der Waals surface area contributed by atoms with Gasteiger partial charge in [-0.1, -0.05) is 42.0 Å². The minimum Gasteiger partial charge on any atom is -0.348 e. The topological polar surface area (TPSA) is 18.5 Å². The Labute approximate surface area is 123 Å². The van der Waals surface area contributed by atoms with Crippen LogP contribution in [0.5, 0.6) is 0 Å². The molecule has 1 fully saturated rings. The Hall–Kier alpha value is -0.740. The van der Waals surface area contributed by atoms with Gasteiger partial charge >= 0.3 is 0 Å². The van der Waals surface area contributed by atoms with Crippen molar-refractivity contribution in [2.24, 2.45) is 0 Å². The van der Waals surface area contributed by atoms with Gasteiger partial charge in [0.1, 0.15) is 0 Å². The first-order chi connectivity index (χ1) is 9.28. The van der Waals surface area contributed by atoms with Crippen LogP contribution in [0.1, 0.15) is 5.56 Å². The van der Waals surface area contributed by atoms with Crippen LogP contribution >= 0.6 is 23.4 Å². The summed E-state index contributed by atoms with van der Waals surface area (Å²) in [6.07, 6.45) is 9.69. The maximum absolute atomic E-state index is 5.83. The fourth-order valence-corrected chi connectivity index (χ4v) is 2.20. The van der Waals surface area contributed by atoms with Crippen molar-refractivity contribution in [3.8, 4) is 0 Å². The minimum absolute atomic E-state index is 0.224. The lowest BCUT2D eigenvalue weighted by molar-refractivity contribution is -0.146. The fraction of sp³-hybridized carbons (Fsp3) is 0.333. The summed E-state index contributed by atoms with van der Waals surface area (Å²) in [4.78, 5) is 0. The maximum Gasteiger partial charge on any atom is 0.177 e.